The predicted octanol–water partition coefficient (Wildman–Crippen LogP) is 3.16. The van der Waals surface area contributed by atoms with Gasteiger partial charge in [0.2, 0.25) is 0 Å². The van der Waals surface area contributed by atoms with Crippen LogP contribution in [-0.4, -0.2) is 11.1 Å². The molecule has 0 radical (unpaired) electrons. The minimum atomic E-state index is -0.981. The number of rotatable bonds is 1. The number of carbonyl (C=O) groups is 1. The maximum atomic E-state index is 10.2. The SMILES string of the molecule is O=C(O)[c-]1cccc1Cl.[Fe].[cH-]1[cH-][cH-][cH-][cH-]1. The van der Waals surface area contributed by atoms with Gasteiger partial charge in [0.05, 0.1) is 0 Å². The summed E-state index contributed by atoms with van der Waals surface area (Å²) in [7, 11) is 0. The maximum Gasteiger partial charge on any atom is 0.280 e. The zero-order valence-corrected chi connectivity index (χ0v) is 9.57. The second-order valence-corrected chi connectivity index (χ2v) is 2.96. The zero-order chi connectivity index (χ0) is 10.4. The van der Waals surface area contributed by atoms with Crippen molar-refractivity contribution < 1.29 is 27.0 Å². The Kier molecular flexibility index (Phi) is 6.80. The molecule has 2 rings (SSSR count). The molecule has 0 atom stereocenters. The summed E-state index contributed by atoms with van der Waals surface area (Å²) in [5.74, 6) is -0.981. The molecule has 2 aromatic rings. The third-order valence-electron chi connectivity index (χ3n) is 1.55. The Morgan fingerprint density at radius 1 is 1.27 bits per heavy atom. The van der Waals surface area contributed by atoms with Crippen molar-refractivity contribution in [2.75, 3.05) is 0 Å². The van der Waals surface area contributed by atoms with E-state index in [1.165, 1.54) is 6.07 Å². The van der Waals surface area contributed by atoms with Crippen molar-refractivity contribution in [3.8, 4) is 0 Å². The van der Waals surface area contributed by atoms with Gasteiger partial charge in [-0.15, -0.1) is 11.6 Å². The Morgan fingerprint density at radius 3 is 1.93 bits per heavy atom. The van der Waals surface area contributed by atoms with Crippen molar-refractivity contribution in [1.29, 1.82) is 0 Å². The molecule has 0 bridgehead atoms. The van der Waals surface area contributed by atoms with E-state index in [0.717, 1.165) is 0 Å². The summed E-state index contributed by atoms with van der Waals surface area (Å²) in [4.78, 5) is 10.2. The molecular formula is C11H9ClFeO2-6. The van der Waals surface area contributed by atoms with Crippen LogP contribution >= 0.6 is 11.6 Å². The summed E-state index contributed by atoms with van der Waals surface area (Å²) in [5, 5.41) is 8.66. The van der Waals surface area contributed by atoms with Crippen LogP contribution in [0, 0.1) is 0 Å². The van der Waals surface area contributed by atoms with Crippen molar-refractivity contribution >= 4 is 17.6 Å². The largest absolute Gasteiger partial charge is 0.748 e. The fraction of sp³-hybridized carbons (Fsp3) is 0. The zero-order valence-electron chi connectivity index (χ0n) is 7.71. The van der Waals surface area contributed by atoms with E-state index in [-0.39, 0.29) is 22.6 Å². The van der Waals surface area contributed by atoms with Crippen molar-refractivity contribution in [3.05, 3.63) is 59.1 Å². The molecule has 0 aromatic heterocycles. The summed E-state index contributed by atoms with van der Waals surface area (Å²) >= 11 is 5.45. The Morgan fingerprint density at radius 2 is 1.73 bits per heavy atom. The van der Waals surface area contributed by atoms with E-state index in [2.05, 4.69) is 0 Å². The minimum absolute atomic E-state index is 0. The molecule has 0 spiro atoms. The Balaban J connectivity index is 0.000000280. The topological polar surface area (TPSA) is 37.3 Å². The standard InChI is InChI=1S/C6H4ClO2.C5H5.Fe/c7-5-3-1-2-4(5)6(8)9;1-2-4-5-3-1;/h1-3H,(H,8,9);1-5H;/q-1;-5;. The van der Waals surface area contributed by atoms with Gasteiger partial charge >= 0.3 is 0 Å². The summed E-state index contributed by atoms with van der Waals surface area (Å²) in [6.45, 7) is 0. The number of halogens is 1. The molecule has 1 N–H and O–H groups in total. The monoisotopic (exact) mass is 264 g/mol. The smallest absolute Gasteiger partial charge is 0.280 e. The average Bonchev–Trinajstić information content (AvgIpc) is 2.74. The summed E-state index contributed by atoms with van der Waals surface area (Å²) in [6.07, 6.45) is 0. The van der Waals surface area contributed by atoms with Crippen molar-refractivity contribution in [1.82, 2.24) is 0 Å². The normalized spacial score (nSPS) is 8.33. The van der Waals surface area contributed by atoms with Gasteiger partial charge in [0.15, 0.2) is 0 Å². The number of hydrogen-bond acceptors (Lipinski definition) is 1. The predicted molar refractivity (Wildman–Crippen MR) is 56.0 cm³/mol. The molecule has 15 heavy (non-hydrogen) atoms. The molecule has 4 heteroatoms. The van der Waals surface area contributed by atoms with Gasteiger partial charge in [0.1, 0.15) is 0 Å². The van der Waals surface area contributed by atoms with Gasteiger partial charge in [-0.25, -0.2) is 6.07 Å². The number of carboxylic acid groups (broad SMARTS) is 1. The van der Waals surface area contributed by atoms with Gasteiger partial charge in [0, 0.05) is 17.1 Å². The second kappa shape index (κ2) is 7.29. The number of hydrogen-bond donors (Lipinski definition) is 1. The maximum absolute atomic E-state index is 10.2. The Hall–Kier alpha value is -1.02. The van der Waals surface area contributed by atoms with Crippen LogP contribution in [0.25, 0.3) is 0 Å². The minimum Gasteiger partial charge on any atom is -0.748 e. The molecule has 0 aliphatic heterocycles. The van der Waals surface area contributed by atoms with Crippen LogP contribution in [0.15, 0.2) is 48.5 Å². The van der Waals surface area contributed by atoms with Crippen LogP contribution in [0.4, 0.5) is 0 Å². The van der Waals surface area contributed by atoms with Gasteiger partial charge in [0.25, 0.3) is 5.97 Å². The molecule has 2 aromatic carbocycles. The van der Waals surface area contributed by atoms with Crippen LogP contribution in [0.1, 0.15) is 10.4 Å². The third kappa shape index (κ3) is 4.84. The molecule has 0 saturated carbocycles. The Labute approximate surface area is 104 Å². The van der Waals surface area contributed by atoms with Crippen LogP contribution in [0.3, 0.4) is 0 Å². The molecule has 0 saturated heterocycles. The van der Waals surface area contributed by atoms with E-state index in [1.54, 1.807) is 12.1 Å². The molecule has 0 aliphatic carbocycles. The van der Waals surface area contributed by atoms with Gasteiger partial charge in [-0.2, -0.15) is 12.1 Å². The van der Waals surface area contributed by atoms with Crippen molar-refractivity contribution in [2.45, 2.75) is 0 Å². The molecule has 2 nitrogen and oxygen atoms in total. The van der Waals surface area contributed by atoms with Crippen LogP contribution in [-0.2, 0) is 17.1 Å². The van der Waals surface area contributed by atoms with Gasteiger partial charge in [-0.3, -0.25) is 4.79 Å². The third-order valence-corrected chi connectivity index (χ3v) is 1.88. The van der Waals surface area contributed by atoms with E-state index < -0.39 is 5.97 Å². The quantitative estimate of drug-likeness (QED) is 0.634. The summed E-state index contributed by atoms with van der Waals surface area (Å²) < 4.78 is 0. The molecule has 0 aliphatic rings. The summed E-state index contributed by atoms with van der Waals surface area (Å²) in [6, 6.07) is 14.6. The van der Waals surface area contributed by atoms with Crippen LogP contribution in [0.2, 0.25) is 5.02 Å². The Bertz CT molecular complexity index is 362. The first-order valence-electron chi connectivity index (χ1n) is 4.03. The first-order valence-corrected chi connectivity index (χ1v) is 4.41. The van der Waals surface area contributed by atoms with E-state index >= 15 is 0 Å². The van der Waals surface area contributed by atoms with E-state index in [4.69, 9.17) is 16.7 Å². The molecule has 0 fully saturated rings. The molecule has 0 heterocycles. The van der Waals surface area contributed by atoms with Gasteiger partial charge < -0.3 is 35.4 Å². The van der Waals surface area contributed by atoms with Gasteiger partial charge in [-0.05, 0) is 5.56 Å². The van der Waals surface area contributed by atoms with E-state index in [9.17, 15) is 4.79 Å². The van der Waals surface area contributed by atoms with E-state index in [0.29, 0.717) is 5.02 Å². The van der Waals surface area contributed by atoms with Crippen LogP contribution in [0.5, 0.6) is 0 Å². The first kappa shape index (κ1) is 14.0. The molecule has 0 amide bonds. The molecule has 0 unspecified atom stereocenters. The van der Waals surface area contributed by atoms with Crippen molar-refractivity contribution in [3.63, 3.8) is 0 Å². The molecule has 86 valence electrons. The number of aromatic carboxylic acids is 1. The fourth-order valence-electron chi connectivity index (χ4n) is 0.892. The van der Waals surface area contributed by atoms with E-state index in [1.807, 2.05) is 30.3 Å². The first-order chi connectivity index (χ1) is 6.72. The van der Waals surface area contributed by atoms with Crippen molar-refractivity contribution in [2.24, 2.45) is 0 Å². The molecular weight excluding hydrogens is 255 g/mol. The fourth-order valence-corrected chi connectivity index (χ4v) is 1.11. The second-order valence-electron chi connectivity index (χ2n) is 2.55. The number of carboxylic acids is 1. The summed E-state index contributed by atoms with van der Waals surface area (Å²) in [5.41, 5.74) is 0.164. The average molecular weight is 264 g/mol. The van der Waals surface area contributed by atoms with Crippen LogP contribution < -0.4 is 0 Å². The van der Waals surface area contributed by atoms with Gasteiger partial charge in [-0.1, -0.05) is 5.02 Å².